The van der Waals surface area contributed by atoms with Crippen LogP contribution in [0.25, 0.3) is 0 Å². The van der Waals surface area contributed by atoms with E-state index in [4.69, 9.17) is 4.74 Å². The number of aryl methyl sites for hydroxylation is 1. The maximum Gasteiger partial charge on any atom is 0.341 e. The molecule has 4 nitrogen and oxygen atoms in total. The normalized spacial score (nSPS) is 26.2. The predicted octanol–water partition coefficient (Wildman–Crippen LogP) is 3.78. The van der Waals surface area contributed by atoms with Gasteiger partial charge < -0.3 is 10.1 Å². The summed E-state index contributed by atoms with van der Waals surface area (Å²) in [7, 11) is 1.39. The summed E-state index contributed by atoms with van der Waals surface area (Å²) in [5.74, 6) is 1.12. The van der Waals surface area contributed by atoms with Gasteiger partial charge in [-0.15, -0.1) is 11.3 Å². The molecule has 2 bridgehead atoms. The van der Waals surface area contributed by atoms with E-state index < -0.39 is 0 Å². The van der Waals surface area contributed by atoms with Gasteiger partial charge in [0.2, 0.25) is 5.91 Å². The number of carbonyl (C=O) groups is 2. The van der Waals surface area contributed by atoms with Crippen LogP contribution in [0.5, 0.6) is 0 Å². The first kappa shape index (κ1) is 15.5. The molecule has 1 amide bonds. The maximum atomic E-state index is 12.6. The number of anilines is 1. The van der Waals surface area contributed by atoms with Crippen LogP contribution in [0.2, 0.25) is 0 Å². The van der Waals surface area contributed by atoms with Crippen molar-refractivity contribution in [3.8, 4) is 0 Å². The van der Waals surface area contributed by atoms with Crippen molar-refractivity contribution in [1.29, 1.82) is 0 Å². The van der Waals surface area contributed by atoms with Gasteiger partial charge in [0.25, 0.3) is 0 Å². The van der Waals surface area contributed by atoms with E-state index in [1.54, 1.807) is 0 Å². The molecule has 22 heavy (non-hydrogen) atoms. The fraction of sp³-hybridized carbons (Fsp3) is 0.647. The third kappa shape index (κ3) is 2.56. The van der Waals surface area contributed by atoms with Gasteiger partial charge in [-0.25, -0.2) is 4.79 Å². The van der Waals surface area contributed by atoms with E-state index >= 15 is 0 Å². The number of thiophene rings is 1. The molecule has 2 saturated carbocycles. The molecule has 2 aliphatic rings. The lowest BCUT2D eigenvalue weighted by molar-refractivity contribution is -0.121. The highest BCUT2D eigenvalue weighted by atomic mass is 32.1. The lowest BCUT2D eigenvalue weighted by atomic mass is 9.88. The fourth-order valence-corrected chi connectivity index (χ4v) is 5.32. The minimum Gasteiger partial charge on any atom is -0.465 e. The Morgan fingerprint density at radius 3 is 2.64 bits per heavy atom. The standard InChI is InChI=1S/C17H23NO3S/c1-4-12-9(2)22-16(14(12)17(20)21-3)18-15(19)13-8-10-5-6-11(13)7-10/h10-11,13H,4-8H2,1-3H3,(H,18,19)/t10-,11-,13+/m1/s1. The fourth-order valence-electron chi connectivity index (χ4n) is 4.18. The van der Waals surface area contributed by atoms with Crippen LogP contribution < -0.4 is 5.32 Å². The molecule has 0 spiro atoms. The van der Waals surface area contributed by atoms with Crippen molar-refractivity contribution in [2.45, 2.75) is 46.0 Å². The van der Waals surface area contributed by atoms with E-state index in [1.165, 1.54) is 37.7 Å². The number of esters is 1. The zero-order valence-electron chi connectivity index (χ0n) is 13.4. The average Bonchev–Trinajstić information content (AvgIpc) is 3.20. The highest BCUT2D eigenvalue weighted by molar-refractivity contribution is 7.16. The van der Waals surface area contributed by atoms with Gasteiger partial charge in [-0.3, -0.25) is 4.79 Å². The number of amides is 1. The molecule has 3 atom stereocenters. The van der Waals surface area contributed by atoms with E-state index in [1.807, 2.05) is 13.8 Å². The summed E-state index contributed by atoms with van der Waals surface area (Å²) >= 11 is 1.48. The highest BCUT2D eigenvalue weighted by Crippen LogP contribution is 2.49. The highest BCUT2D eigenvalue weighted by Gasteiger charge is 2.43. The van der Waals surface area contributed by atoms with Crippen molar-refractivity contribution in [1.82, 2.24) is 0 Å². The molecule has 0 unspecified atom stereocenters. The van der Waals surface area contributed by atoms with E-state index in [0.29, 0.717) is 16.5 Å². The van der Waals surface area contributed by atoms with Crippen LogP contribution >= 0.6 is 11.3 Å². The molecule has 0 aliphatic heterocycles. The number of methoxy groups -OCH3 is 1. The summed E-state index contributed by atoms with van der Waals surface area (Å²) in [6, 6.07) is 0. The number of carbonyl (C=O) groups excluding carboxylic acids is 2. The predicted molar refractivity (Wildman–Crippen MR) is 87.3 cm³/mol. The topological polar surface area (TPSA) is 55.4 Å². The van der Waals surface area contributed by atoms with Gasteiger partial charge in [-0.05, 0) is 50.0 Å². The third-order valence-electron chi connectivity index (χ3n) is 5.26. The molecular weight excluding hydrogens is 298 g/mol. The molecule has 0 saturated heterocycles. The Kier molecular flexibility index (Phi) is 4.26. The van der Waals surface area contributed by atoms with E-state index in [0.717, 1.165) is 29.2 Å². The monoisotopic (exact) mass is 321 g/mol. The van der Waals surface area contributed by atoms with Crippen LogP contribution in [0.1, 0.15) is 53.4 Å². The van der Waals surface area contributed by atoms with Gasteiger partial charge in [0.1, 0.15) is 5.00 Å². The van der Waals surface area contributed by atoms with E-state index in [-0.39, 0.29) is 17.8 Å². The minimum atomic E-state index is -0.357. The van der Waals surface area contributed by atoms with Gasteiger partial charge in [-0.1, -0.05) is 13.3 Å². The van der Waals surface area contributed by atoms with Crippen molar-refractivity contribution in [2.75, 3.05) is 12.4 Å². The van der Waals surface area contributed by atoms with Crippen molar-refractivity contribution >= 4 is 28.2 Å². The summed E-state index contributed by atoms with van der Waals surface area (Å²) in [6.07, 6.45) is 5.42. The second kappa shape index (κ2) is 6.03. The largest absolute Gasteiger partial charge is 0.465 e. The molecule has 5 heteroatoms. The molecule has 1 N–H and O–H groups in total. The van der Waals surface area contributed by atoms with Crippen LogP contribution in [-0.2, 0) is 16.0 Å². The summed E-state index contributed by atoms with van der Waals surface area (Å²) in [5.41, 5.74) is 1.53. The van der Waals surface area contributed by atoms with E-state index in [2.05, 4.69) is 5.32 Å². The number of hydrogen-bond donors (Lipinski definition) is 1. The Hall–Kier alpha value is -1.36. The maximum absolute atomic E-state index is 12.6. The zero-order valence-corrected chi connectivity index (χ0v) is 14.2. The molecule has 1 heterocycles. The van der Waals surface area contributed by atoms with Gasteiger partial charge in [-0.2, -0.15) is 0 Å². The molecule has 1 aromatic heterocycles. The lowest BCUT2D eigenvalue weighted by Gasteiger charge is -2.20. The molecule has 1 aromatic rings. The van der Waals surface area contributed by atoms with Crippen molar-refractivity contribution in [3.05, 3.63) is 16.0 Å². The molecule has 120 valence electrons. The summed E-state index contributed by atoms with van der Waals surface area (Å²) in [5, 5.41) is 3.69. The van der Waals surface area contributed by atoms with Crippen LogP contribution in [0, 0.1) is 24.7 Å². The lowest BCUT2D eigenvalue weighted by Crippen LogP contribution is -2.27. The minimum absolute atomic E-state index is 0.0845. The zero-order chi connectivity index (χ0) is 15.9. The van der Waals surface area contributed by atoms with Crippen molar-refractivity contribution < 1.29 is 14.3 Å². The Bertz CT molecular complexity index is 607. The van der Waals surface area contributed by atoms with E-state index in [9.17, 15) is 9.59 Å². The van der Waals surface area contributed by atoms with Crippen LogP contribution in [0.4, 0.5) is 5.00 Å². The number of nitrogens with one attached hydrogen (secondary N) is 1. The van der Waals surface area contributed by atoms with Gasteiger partial charge in [0.15, 0.2) is 0 Å². The Morgan fingerprint density at radius 1 is 1.32 bits per heavy atom. The Labute approximate surface area is 135 Å². The number of ether oxygens (including phenoxy) is 1. The van der Waals surface area contributed by atoms with Gasteiger partial charge in [0.05, 0.1) is 12.7 Å². The van der Waals surface area contributed by atoms with Crippen LogP contribution in [0.3, 0.4) is 0 Å². The Balaban J connectivity index is 1.82. The third-order valence-corrected chi connectivity index (χ3v) is 6.33. The average molecular weight is 321 g/mol. The Morgan fingerprint density at radius 2 is 2.09 bits per heavy atom. The number of fused-ring (bicyclic) bond motifs is 2. The quantitative estimate of drug-likeness (QED) is 0.859. The number of rotatable bonds is 4. The van der Waals surface area contributed by atoms with Crippen molar-refractivity contribution in [3.63, 3.8) is 0 Å². The first-order valence-electron chi connectivity index (χ1n) is 8.06. The molecule has 0 aromatic carbocycles. The molecule has 3 rings (SSSR count). The van der Waals surface area contributed by atoms with Crippen LogP contribution in [0.15, 0.2) is 0 Å². The summed E-state index contributed by atoms with van der Waals surface area (Å²) in [6.45, 7) is 4.01. The second-order valence-corrected chi connectivity index (χ2v) is 7.68. The first-order valence-corrected chi connectivity index (χ1v) is 8.88. The molecular formula is C17H23NO3S. The first-order chi connectivity index (χ1) is 10.5. The SMILES string of the molecule is CCc1c(C)sc(NC(=O)[C@H]2C[C@@H]3CC[C@@H]2C3)c1C(=O)OC. The van der Waals surface area contributed by atoms with Crippen LogP contribution in [-0.4, -0.2) is 19.0 Å². The van der Waals surface area contributed by atoms with Crippen molar-refractivity contribution in [2.24, 2.45) is 17.8 Å². The van der Waals surface area contributed by atoms with Gasteiger partial charge >= 0.3 is 5.97 Å². The summed E-state index contributed by atoms with van der Waals surface area (Å²) < 4.78 is 4.91. The molecule has 2 aliphatic carbocycles. The smallest absolute Gasteiger partial charge is 0.341 e. The summed E-state index contributed by atoms with van der Waals surface area (Å²) in [4.78, 5) is 25.8. The number of hydrogen-bond acceptors (Lipinski definition) is 4. The second-order valence-electron chi connectivity index (χ2n) is 6.46. The van der Waals surface area contributed by atoms with Gasteiger partial charge in [0, 0.05) is 10.8 Å². The molecule has 2 fully saturated rings. The molecule has 0 radical (unpaired) electrons.